The maximum atomic E-state index is 11.3. The maximum Gasteiger partial charge on any atom is 0.338 e. The van der Waals surface area contributed by atoms with Crippen LogP contribution in [0.2, 0.25) is 0 Å². The minimum atomic E-state index is -0.439. The Morgan fingerprint density at radius 1 is 1.16 bits per heavy atom. The summed E-state index contributed by atoms with van der Waals surface area (Å²) in [4.78, 5) is 11.3. The van der Waals surface area contributed by atoms with E-state index >= 15 is 0 Å². The van der Waals surface area contributed by atoms with Crippen molar-refractivity contribution in [1.29, 1.82) is 0 Å². The summed E-state index contributed by atoms with van der Waals surface area (Å²) in [6.07, 6.45) is -0.302. The molecule has 0 fully saturated rings. The van der Waals surface area contributed by atoms with Crippen LogP contribution in [-0.2, 0) is 9.53 Å². The second-order valence-electron chi connectivity index (χ2n) is 4.61. The zero-order valence-corrected chi connectivity index (χ0v) is 11.8. The number of hydrogen-bond acceptors (Lipinski definition) is 4. The van der Waals surface area contributed by atoms with Crippen LogP contribution in [0.4, 0.5) is 0 Å². The van der Waals surface area contributed by atoms with Crippen molar-refractivity contribution in [3.63, 3.8) is 0 Å². The second kappa shape index (κ2) is 6.95. The Morgan fingerprint density at radius 2 is 1.68 bits per heavy atom. The third kappa shape index (κ3) is 4.75. The molecule has 4 nitrogen and oxygen atoms in total. The first-order valence-electron chi connectivity index (χ1n) is 6.11. The summed E-state index contributed by atoms with van der Waals surface area (Å²) in [5.74, 6) is 0.922. The molecule has 0 saturated carbocycles. The average molecular weight is 264 g/mol. The smallest absolute Gasteiger partial charge is 0.338 e. The summed E-state index contributed by atoms with van der Waals surface area (Å²) in [6.45, 7) is 9.15. The van der Waals surface area contributed by atoms with E-state index in [0.717, 1.165) is 0 Å². The topological polar surface area (TPSA) is 44.8 Å². The molecular weight excluding hydrogens is 244 g/mol. The highest BCUT2D eigenvalue weighted by atomic mass is 16.7. The van der Waals surface area contributed by atoms with E-state index in [0.29, 0.717) is 17.1 Å². The Balaban J connectivity index is 2.66. The normalized spacial score (nSPS) is 12.1. The Hall–Kier alpha value is -1.81. The lowest BCUT2D eigenvalue weighted by molar-refractivity contribution is -0.130. The third-order valence-corrected chi connectivity index (χ3v) is 2.41. The van der Waals surface area contributed by atoms with Gasteiger partial charge in [-0.3, -0.25) is 0 Å². The molecule has 0 radical (unpaired) electrons. The Morgan fingerprint density at radius 3 is 2.11 bits per heavy atom. The van der Waals surface area contributed by atoms with Crippen molar-refractivity contribution in [1.82, 2.24) is 0 Å². The number of hydrogen-bond donors (Lipinski definition) is 0. The van der Waals surface area contributed by atoms with Gasteiger partial charge in [-0.25, -0.2) is 4.79 Å². The molecule has 1 rings (SSSR count). The van der Waals surface area contributed by atoms with Crippen molar-refractivity contribution in [2.75, 3.05) is 7.11 Å². The summed E-state index contributed by atoms with van der Waals surface area (Å²) in [6, 6.07) is 6.80. The van der Waals surface area contributed by atoms with Crippen LogP contribution in [0.15, 0.2) is 36.4 Å². The number of esters is 1. The molecule has 104 valence electrons. The molecule has 1 unspecified atom stereocenters. The zero-order valence-electron chi connectivity index (χ0n) is 11.8. The lowest BCUT2D eigenvalue weighted by atomic mass is 10.2. The van der Waals surface area contributed by atoms with E-state index < -0.39 is 5.97 Å². The van der Waals surface area contributed by atoms with E-state index in [4.69, 9.17) is 14.2 Å². The van der Waals surface area contributed by atoms with Crippen LogP contribution >= 0.6 is 0 Å². The summed E-state index contributed by atoms with van der Waals surface area (Å²) in [5.41, 5.74) is 0.361. The first-order valence-corrected chi connectivity index (χ1v) is 6.11. The highest BCUT2D eigenvalue weighted by molar-refractivity contribution is 5.88. The van der Waals surface area contributed by atoms with Crippen LogP contribution < -0.4 is 9.47 Å². The van der Waals surface area contributed by atoms with Gasteiger partial charge in [0.15, 0.2) is 0 Å². The van der Waals surface area contributed by atoms with Crippen molar-refractivity contribution in [2.24, 2.45) is 5.92 Å². The van der Waals surface area contributed by atoms with Gasteiger partial charge in [0.25, 0.3) is 0 Å². The molecule has 19 heavy (non-hydrogen) atoms. The van der Waals surface area contributed by atoms with Crippen LogP contribution in [0.3, 0.4) is 0 Å². The Bertz CT molecular complexity index is 434. The molecule has 1 aromatic carbocycles. The standard InChI is InChI=1S/C15H20O4/c1-10(2)14(16)18-12-6-8-13(9-7-12)19-15(17-5)11(3)4/h6-9,11,15H,1H2,2-5H3. The summed E-state index contributed by atoms with van der Waals surface area (Å²) < 4.78 is 16.0. The summed E-state index contributed by atoms with van der Waals surface area (Å²) in [5, 5.41) is 0. The molecule has 0 heterocycles. The van der Waals surface area contributed by atoms with Gasteiger partial charge < -0.3 is 14.2 Å². The van der Waals surface area contributed by atoms with Gasteiger partial charge in [-0.15, -0.1) is 0 Å². The third-order valence-electron chi connectivity index (χ3n) is 2.41. The maximum absolute atomic E-state index is 11.3. The lowest BCUT2D eigenvalue weighted by Gasteiger charge is -2.20. The van der Waals surface area contributed by atoms with Gasteiger partial charge in [0.1, 0.15) is 11.5 Å². The lowest BCUT2D eigenvalue weighted by Crippen LogP contribution is -2.24. The summed E-state index contributed by atoms with van der Waals surface area (Å²) in [7, 11) is 1.60. The van der Waals surface area contributed by atoms with Gasteiger partial charge in [-0.2, -0.15) is 0 Å². The molecule has 0 aliphatic heterocycles. The SMILES string of the molecule is C=C(C)C(=O)Oc1ccc(OC(OC)C(C)C)cc1. The molecule has 0 aliphatic carbocycles. The number of methoxy groups -OCH3 is 1. The summed E-state index contributed by atoms with van der Waals surface area (Å²) >= 11 is 0. The Labute approximate surface area is 114 Å². The predicted molar refractivity (Wildman–Crippen MR) is 73.2 cm³/mol. The van der Waals surface area contributed by atoms with E-state index in [9.17, 15) is 4.79 Å². The van der Waals surface area contributed by atoms with E-state index in [2.05, 4.69) is 6.58 Å². The van der Waals surface area contributed by atoms with Crippen LogP contribution in [0.1, 0.15) is 20.8 Å². The van der Waals surface area contributed by atoms with Crippen molar-refractivity contribution in [3.8, 4) is 11.5 Å². The number of benzene rings is 1. The monoisotopic (exact) mass is 264 g/mol. The number of ether oxygens (including phenoxy) is 3. The molecule has 1 aromatic rings. The molecule has 0 bridgehead atoms. The van der Waals surface area contributed by atoms with Gasteiger partial charge in [-0.1, -0.05) is 20.4 Å². The number of carbonyl (C=O) groups excluding carboxylic acids is 1. The Kier molecular flexibility index (Phi) is 5.57. The fourth-order valence-corrected chi connectivity index (χ4v) is 1.37. The van der Waals surface area contributed by atoms with E-state index in [1.807, 2.05) is 13.8 Å². The van der Waals surface area contributed by atoms with Crippen molar-refractivity contribution >= 4 is 5.97 Å². The van der Waals surface area contributed by atoms with Crippen molar-refractivity contribution in [3.05, 3.63) is 36.4 Å². The van der Waals surface area contributed by atoms with Crippen LogP contribution in [-0.4, -0.2) is 19.4 Å². The molecule has 0 aromatic heterocycles. The fourth-order valence-electron chi connectivity index (χ4n) is 1.37. The van der Waals surface area contributed by atoms with Gasteiger partial charge in [0.2, 0.25) is 6.29 Å². The number of rotatable bonds is 6. The quantitative estimate of drug-likeness (QED) is 0.342. The minimum absolute atomic E-state index is 0.242. The van der Waals surface area contributed by atoms with Crippen molar-refractivity contribution in [2.45, 2.75) is 27.1 Å². The predicted octanol–water partition coefficient (Wildman–Crippen LogP) is 3.18. The van der Waals surface area contributed by atoms with Crippen LogP contribution in [0.5, 0.6) is 11.5 Å². The molecule has 1 atom stereocenters. The van der Waals surface area contributed by atoms with Gasteiger partial charge in [0.05, 0.1) is 0 Å². The van der Waals surface area contributed by atoms with E-state index in [-0.39, 0.29) is 12.2 Å². The largest absolute Gasteiger partial charge is 0.465 e. The molecule has 0 saturated heterocycles. The number of carbonyl (C=O) groups is 1. The van der Waals surface area contributed by atoms with E-state index in [1.165, 1.54) is 0 Å². The average Bonchev–Trinajstić information content (AvgIpc) is 2.37. The molecule has 0 spiro atoms. The van der Waals surface area contributed by atoms with Gasteiger partial charge in [0, 0.05) is 18.6 Å². The minimum Gasteiger partial charge on any atom is -0.465 e. The van der Waals surface area contributed by atoms with Crippen LogP contribution in [0, 0.1) is 5.92 Å². The second-order valence-corrected chi connectivity index (χ2v) is 4.61. The highest BCUT2D eigenvalue weighted by Crippen LogP contribution is 2.21. The van der Waals surface area contributed by atoms with Crippen LogP contribution in [0.25, 0.3) is 0 Å². The molecule has 0 amide bonds. The molecule has 0 aliphatic rings. The first-order chi connectivity index (χ1) is 8.93. The molecular formula is C15H20O4. The van der Waals surface area contributed by atoms with Crippen molar-refractivity contribution < 1.29 is 19.0 Å². The highest BCUT2D eigenvalue weighted by Gasteiger charge is 2.14. The zero-order chi connectivity index (χ0) is 14.4. The first kappa shape index (κ1) is 15.2. The fraction of sp³-hybridized carbons (Fsp3) is 0.400. The molecule has 4 heteroatoms. The molecule has 0 N–H and O–H groups in total. The van der Waals surface area contributed by atoms with Gasteiger partial charge in [-0.05, 0) is 31.2 Å². The van der Waals surface area contributed by atoms with E-state index in [1.54, 1.807) is 38.3 Å². The van der Waals surface area contributed by atoms with Gasteiger partial charge >= 0.3 is 5.97 Å².